The number of nitrogens with zero attached hydrogens (tertiary/aromatic N) is 2. The minimum Gasteiger partial charge on any atom is -0.331 e. The molecule has 0 saturated carbocycles. The molecule has 3 nitrogen and oxygen atoms in total. The quantitative estimate of drug-likeness (QED) is 0.906. The highest BCUT2D eigenvalue weighted by Gasteiger charge is 2.32. The molecule has 0 aliphatic carbocycles. The zero-order chi connectivity index (χ0) is 13.2. The van der Waals surface area contributed by atoms with Crippen LogP contribution in [-0.4, -0.2) is 28.8 Å². The maximum Gasteiger partial charge on any atom is 0.391 e. The van der Waals surface area contributed by atoms with Crippen LogP contribution in [0.4, 0.5) is 13.2 Å². The molecule has 1 atom stereocenters. The van der Waals surface area contributed by atoms with Crippen LogP contribution in [0.2, 0.25) is 0 Å². The van der Waals surface area contributed by atoms with E-state index < -0.39 is 18.6 Å². The summed E-state index contributed by atoms with van der Waals surface area (Å²) in [7, 11) is 0. The number of hydrogen-bond donors (Lipinski definition) is 1. The Labute approximate surface area is 104 Å². The summed E-state index contributed by atoms with van der Waals surface area (Å²) in [6.07, 6.45) is 0.224. The fourth-order valence-corrected chi connectivity index (χ4v) is 2.55. The highest BCUT2D eigenvalue weighted by atomic mass is 19.4. The summed E-state index contributed by atoms with van der Waals surface area (Å²) in [5.41, 5.74) is 0.938. The summed E-state index contributed by atoms with van der Waals surface area (Å²) in [5, 5.41) is 3.25. The van der Waals surface area contributed by atoms with Crippen molar-refractivity contribution in [3.8, 4) is 0 Å². The second-order valence-corrected chi connectivity index (χ2v) is 4.92. The van der Waals surface area contributed by atoms with Gasteiger partial charge in [-0.1, -0.05) is 0 Å². The van der Waals surface area contributed by atoms with Gasteiger partial charge in [0.2, 0.25) is 0 Å². The van der Waals surface area contributed by atoms with Gasteiger partial charge in [-0.05, 0) is 32.9 Å². The number of halogens is 3. The number of aromatic nitrogens is 2. The van der Waals surface area contributed by atoms with Gasteiger partial charge in [0.05, 0.1) is 12.7 Å². The normalized spacial score (nSPS) is 20.0. The highest BCUT2D eigenvalue weighted by Crippen LogP contribution is 2.32. The summed E-state index contributed by atoms with van der Waals surface area (Å²) in [6.45, 7) is 3.44. The number of hydrogen-bond acceptors (Lipinski definition) is 2. The molecule has 102 valence electrons. The topological polar surface area (TPSA) is 29.9 Å². The molecule has 6 heteroatoms. The van der Waals surface area contributed by atoms with Crippen molar-refractivity contribution in [2.24, 2.45) is 0 Å². The zero-order valence-corrected chi connectivity index (χ0v) is 10.4. The Balaban J connectivity index is 2.11. The van der Waals surface area contributed by atoms with Crippen LogP contribution in [0.5, 0.6) is 0 Å². The molecule has 0 aromatic carbocycles. The van der Waals surface area contributed by atoms with Gasteiger partial charge in [0.25, 0.3) is 0 Å². The van der Waals surface area contributed by atoms with Gasteiger partial charge >= 0.3 is 6.18 Å². The average molecular weight is 261 g/mol. The van der Waals surface area contributed by atoms with Crippen LogP contribution in [0.3, 0.4) is 0 Å². The van der Waals surface area contributed by atoms with Crippen molar-refractivity contribution >= 4 is 0 Å². The lowest BCUT2D eigenvalue weighted by Crippen LogP contribution is -2.28. The summed E-state index contributed by atoms with van der Waals surface area (Å²) in [4.78, 5) is 4.02. The van der Waals surface area contributed by atoms with Crippen molar-refractivity contribution in [1.82, 2.24) is 14.9 Å². The Morgan fingerprint density at radius 1 is 1.44 bits per heavy atom. The molecule has 1 aliphatic heterocycles. The first-order valence-corrected chi connectivity index (χ1v) is 6.26. The summed E-state index contributed by atoms with van der Waals surface area (Å²) < 4.78 is 39.0. The predicted molar refractivity (Wildman–Crippen MR) is 62.5 cm³/mol. The van der Waals surface area contributed by atoms with Crippen LogP contribution in [0.15, 0.2) is 12.5 Å². The standard InChI is InChI=1S/C12H18F3N3/c1-9(6-12(13,14)15)18-8-17-7-11(18)10-2-4-16-5-3-10/h7-10,16H,2-6H2,1H3. The van der Waals surface area contributed by atoms with Crippen molar-refractivity contribution in [1.29, 1.82) is 0 Å². The molecule has 1 N–H and O–H groups in total. The maximum atomic E-state index is 12.4. The van der Waals surface area contributed by atoms with Gasteiger partial charge in [-0.2, -0.15) is 13.2 Å². The second-order valence-electron chi connectivity index (χ2n) is 4.92. The first kappa shape index (κ1) is 13.4. The van der Waals surface area contributed by atoms with Crippen molar-refractivity contribution in [2.75, 3.05) is 13.1 Å². The number of imidazole rings is 1. The number of nitrogens with one attached hydrogen (secondary N) is 1. The van der Waals surface area contributed by atoms with Crippen molar-refractivity contribution in [3.05, 3.63) is 18.2 Å². The van der Waals surface area contributed by atoms with Gasteiger partial charge in [-0.25, -0.2) is 4.98 Å². The number of rotatable bonds is 3. The molecule has 2 heterocycles. The van der Waals surface area contributed by atoms with E-state index in [0.717, 1.165) is 31.6 Å². The Kier molecular flexibility index (Phi) is 3.94. The van der Waals surface area contributed by atoms with E-state index in [1.54, 1.807) is 17.7 Å². The van der Waals surface area contributed by atoms with E-state index in [0.29, 0.717) is 5.92 Å². The first-order chi connectivity index (χ1) is 8.47. The first-order valence-electron chi connectivity index (χ1n) is 6.26. The van der Waals surface area contributed by atoms with Gasteiger partial charge in [-0.15, -0.1) is 0 Å². The van der Waals surface area contributed by atoms with E-state index >= 15 is 0 Å². The van der Waals surface area contributed by atoms with Crippen LogP contribution < -0.4 is 5.32 Å². The van der Waals surface area contributed by atoms with E-state index in [4.69, 9.17) is 0 Å². The minimum atomic E-state index is -4.13. The van der Waals surface area contributed by atoms with Gasteiger partial charge in [0.15, 0.2) is 0 Å². The second kappa shape index (κ2) is 5.30. The van der Waals surface area contributed by atoms with E-state index in [-0.39, 0.29) is 0 Å². The fraction of sp³-hybridized carbons (Fsp3) is 0.750. The Bertz CT molecular complexity index is 380. The van der Waals surface area contributed by atoms with Crippen LogP contribution in [0.1, 0.15) is 43.8 Å². The molecule has 18 heavy (non-hydrogen) atoms. The summed E-state index contributed by atoms with van der Waals surface area (Å²) in [6, 6.07) is -0.586. The van der Waals surface area contributed by atoms with E-state index in [9.17, 15) is 13.2 Å². The van der Waals surface area contributed by atoms with Crippen molar-refractivity contribution in [2.45, 2.75) is 44.3 Å². The lowest BCUT2D eigenvalue weighted by atomic mass is 9.94. The van der Waals surface area contributed by atoms with E-state index in [2.05, 4.69) is 10.3 Å². The summed E-state index contributed by atoms with van der Waals surface area (Å²) >= 11 is 0. The van der Waals surface area contributed by atoms with Crippen LogP contribution in [0.25, 0.3) is 0 Å². The molecule has 0 radical (unpaired) electrons. The summed E-state index contributed by atoms with van der Waals surface area (Å²) in [5.74, 6) is 0.324. The molecule has 1 aliphatic rings. The molecule has 1 unspecified atom stereocenters. The van der Waals surface area contributed by atoms with Gasteiger partial charge in [0, 0.05) is 23.9 Å². The largest absolute Gasteiger partial charge is 0.391 e. The average Bonchev–Trinajstić information content (AvgIpc) is 2.76. The SMILES string of the molecule is CC(CC(F)(F)F)n1cncc1C1CCNCC1. The monoisotopic (exact) mass is 261 g/mol. The minimum absolute atomic E-state index is 0.324. The fourth-order valence-electron chi connectivity index (χ4n) is 2.55. The zero-order valence-electron chi connectivity index (χ0n) is 10.4. The predicted octanol–water partition coefficient (Wildman–Crippen LogP) is 2.86. The molecule has 1 aromatic rings. The molecule has 1 saturated heterocycles. The van der Waals surface area contributed by atoms with Gasteiger partial charge < -0.3 is 9.88 Å². The Morgan fingerprint density at radius 3 is 2.72 bits per heavy atom. The lowest BCUT2D eigenvalue weighted by Gasteiger charge is -2.26. The third kappa shape index (κ3) is 3.25. The van der Waals surface area contributed by atoms with Crippen molar-refractivity contribution < 1.29 is 13.2 Å². The molecular weight excluding hydrogens is 243 g/mol. The third-order valence-corrected chi connectivity index (χ3v) is 3.46. The van der Waals surface area contributed by atoms with Gasteiger partial charge in [0.1, 0.15) is 0 Å². The Hall–Kier alpha value is -1.04. The molecule has 0 bridgehead atoms. The lowest BCUT2D eigenvalue weighted by molar-refractivity contribution is -0.141. The van der Waals surface area contributed by atoms with E-state index in [1.807, 2.05) is 0 Å². The Morgan fingerprint density at radius 2 is 2.11 bits per heavy atom. The highest BCUT2D eigenvalue weighted by molar-refractivity contribution is 5.09. The number of piperidine rings is 1. The van der Waals surface area contributed by atoms with Crippen LogP contribution in [0, 0.1) is 0 Å². The van der Waals surface area contributed by atoms with Crippen LogP contribution >= 0.6 is 0 Å². The smallest absolute Gasteiger partial charge is 0.331 e. The molecule has 0 spiro atoms. The number of alkyl halides is 3. The maximum absolute atomic E-state index is 12.4. The van der Waals surface area contributed by atoms with Crippen molar-refractivity contribution in [3.63, 3.8) is 0 Å². The third-order valence-electron chi connectivity index (χ3n) is 3.46. The van der Waals surface area contributed by atoms with E-state index in [1.165, 1.54) is 6.33 Å². The molecule has 1 aromatic heterocycles. The molecular formula is C12H18F3N3. The molecule has 1 fully saturated rings. The molecule has 0 amide bonds. The van der Waals surface area contributed by atoms with Crippen LogP contribution in [-0.2, 0) is 0 Å². The van der Waals surface area contributed by atoms with Gasteiger partial charge in [-0.3, -0.25) is 0 Å². The molecule has 2 rings (SSSR count).